The van der Waals surface area contributed by atoms with Crippen LogP contribution in [0.5, 0.6) is 11.5 Å². The van der Waals surface area contributed by atoms with E-state index in [2.05, 4.69) is 32.2 Å². The molecule has 1 amide bonds. The monoisotopic (exact) mass is 550 g/mol. The summed E-state index contributed by atoms with van der Waals surface area (Å²) in [5.41, 5.74) is 0.898. The highest BCUT2D eigenvalue weighted by Gasteiger charge is 2.16. The molecule has 2 N–H and O–H groups in total. The van der Waals surface area contributed by atoms with Crippen LogP contribution in [0.15, 0.2) is 60.2 Å². The molecule has 0 aliphatic rings. The average Bonchev–Trinajstić information content (AvgIpc) is 2.92. The highest BCUT2D eigenvalue weighted by atomic mass is 19.1. The van der Waals surface area contributed by atoms with Crippen LogP contribution in [0.2, 0.25) is 0 Å². The van der Waals surface area contributed by atoms with Crippen molar-refractivity contribution in [3.8, 4) is 11.5 Å². The number of carbonyl (C=O) groups excluding carboxylic acids is 1. The molecular formula is C27H28F2N8O3. The van der Waals surface area contributed by atoms with Crippen molar-refractivity contribution in [1.82, 2.24) is 24.4 Å². The van der Waals surface area contributed by atoms with Gasteiger partial charge in [-0.1, -0.05) is 6.58 Å². The molecule has 0 fully saturated rings. The Kier molecular flexibility index (Phi) is 8.34. The second-order valence-corrected chi connectivity index (χ2v) is 9.15. The fourth-order valence-corrected chi connectivity index (χ4v) is 3.72. The molecule has 13 heteroatoms. The number of nitrogens with one attached hydrogen (secondary N) is 2. The number of hydrogen-bond donors (Lipinski definition) is 2. The molecule has 0 aliphatic heterocycles. The first kappa shape index (κ1) is 28.1. The van der Waals surface area contributed by atoms with Crippen molar-refractivity contribution in [1.29, 1.82) is 0 Å². The van der Waals surface area contributed by atoms with E-state index in [1.165, 1.54) is 30.0 Å². The van der Waals surface area contributed by atoms with Gasteiger partial charge in [0.15, 0.2) is 17.3 Å². The first-order valence-corrected chi connectivity index (χ1v) is 12.1. The average molecular weight is 551 g/mol. The molecule has 11 nitrogen and oxygen atoms in total. The molecule has 0 atom stereocenters. The van der Waals surface area contributed by atoms with Crippen molar-refractivity contribution >= 4 is 40.1 Å². The topological polar surface area (TPSA) is 118 Å². The van der Waals surface area contributed by atoms with E-state index < -0.39 is 17.2 Å². The number of aryl methyl sites for hydroxylation is 1. The van der Waals surface area contributed by atoms with Crippen molar-refractivity contribution in [2.75, 3.05) is 49.8 Å². The van der Waals surface area contributed by atoms with Crippen LogP contribution in [0, 0.1) is 11.6 Å². The van der Waals surface area contributed by atoms with Gasteiger partial charge >= 0.3 is 0 Å². The van der Waals surface area contributed by atoms with E-state index in [0.717, 1.165) is 18.7 Å². The highest BCUT2D eigenvalue weighted by molar-refractivity contribution is 6.01. The van der Waals surface area contributed by atoms with Gasteiger partial charge in [0.05, 0.1) is 17.6 Å². The molecule has 3 aromatic heterocycles. The van der Waals surface area contributed by atoms with Crippen LogP contribution in [0.25, 0.3) is 11.0 Å². The van der Waals surface area contributed by atoms with Crippen molar-refractivity contribution < 1.29 is 18.3 Å². The number of rotatable bonds is 10. The third-order valence-electron chi connectivity index (χ3n) is 5.89. The van der Waals surface area contributed by atoms with E-state index >= 15 is 0 Å². The number of aromatic nitrogens is 4. The molecule has 0 bridgehead atoms. The number of ether oxygens (including phenoxy) is 1. The molecule has 3 heterocycles. The second-order valence-electron chi connectivity index (χ2n) is 9.15. The van der Waals surface area contributed by atoms with Gasteiger partial charge in [0.1, 0.15) is 17.3 Å². The van der Waals surface area contributed by atoms with Gasteiger partial charge in [-0.05, 0) is 38.4 Å². The van der Waals surface area contributed by atoms with Gasteiger partial charge in [0, 0.05) is 50.9 Å². The SMILES string of the molecule is C=CC(=O)Nc1cc(Nc2ncc3cc(Oc4ccc(F)cc4F)c(=O)n(C)c3n2)ncc1N(C)CCN(C)C. The zero-order valence-corrected chi connectivity index (χ0v) is 22.4. The Morgan fingerprint density at radius 1 is 1.10 bits per heavy atom. The normalized spacial score (nSPS) is 11.0. The summed E-state index contributed by atoms with van der Waals surface area (Å²) >= 11 is 0. The van der Waals surface area contributed by atoms with Gasteiger partial charge < -0.3 is 25.2 Å². The van der Waals surface area contributed by atoms with Crippen LogP contribution in [-0.2, 0) is 11.8 Å². The Hall–Kier alpha value is -4.91. The Morgan fingerprint density at radius 2 is 1.88 bits per heavy atom. The van der Waals surface area contributed by atoms with Crippen LogP contribution < -0.4 is 25.8 Å². The molecule has 40 heavy (non-hydrogen) atoms. The molecule has 0 unspecified atom stereocenters. The van der Waals surface area contributed by atoms with Gasteiger partial charge in [0.2, 0.25) is 11.9 Å². The third kappa shape index (κ3) is 6.38. The van der Waals surface area contributed by atoms with E-state index in [4.69, 9.17) is 4.74 Å². The van der Waals surface area contributed by atoms with E-state index in [1.807, 2.05) is 30.9 Å². The number of anilines is 4. The van der Waals surface area contributed by atoms with Crippen molar-refractivity contribution in [2.45, 2.75) is 0 Å². The zero-order valence-electron chi connectivity index (χ0n) is 22.4. The summed E-state index contributed by atoms with van der Waals surface area (Å²) in [6, 6.07) is 5.81. The van der Waals surface area contributed by atoms with Crippen LogP contribution >= 0.6 is 0 Å². The lowest BCUT2D eigenvalue weighted by Gasteiger charge is -2.24. The van der Waals surface area contributed by atoms with Gasteiger partial charge in [-0.2, -0.15) is 4.98 Å². The Bertz CT molecular complexity index is 1640. The first-order valence-electron chi connectivity index (χ1n) is 12.1. The van der Waals surface area contributed by atoms with E-state index in [-0.39, 0.29) is 29.0 Å². The molecule has 0 saturated carbocycles. The number of likely N-dealkylation sites (N-methyl/N-ethyl adjacent to an activating group) is 2. The van der Waals surface area contributed by atoms with Crippen molar-refractivity contribution in [2.24, 2.45) is 7.05 Å². The molecule has 1 aromatic carbocycles. The molecule has 0 saturated heterocycles. The maximum absolute atomic E-state index is 14.1. The van der Waals surface area contributed by atoms with Gasteiger partial charge in [-0.15, -0.1) is 0 Å². The van der Waals surface area contributed by atoms with Gasteiger partial charge in [-0.3, -0.25) is 14.2 Å². The maximum atomic E-state index is 14.1. The minimum atomic E-state index is -0.941. The van der Waals surface area contributed by atoms with Crippen LogP contribution in [-0.4, -0.2) is 64.6 Å². The minimum absolute atomic E-state index is 0.142. The predicted octanol–water partition coefficient (Wildman–Crippen LogP) is 3.66. The summed E-state index contributed by atoms with van der Waals surface area (Å²) in [6.45, 7) is 4.99. The summed E-state index contributed by atoms with van der Waals surface area (Å²) in [5, 5.41) is 6.22. The lowest BCUT2D eigenvalue weighted by Crippen LogP contribution is -2.29. The Labute approximate surface area is 228 Å². The van der Waals surface area contributed by atoms with Gasteiger partial charge in [0.25, 0.3) is 5.56 Å². The fraction of sp³-hybridized carbons (Fsp3) is 0.222. The molecule has 0 radical (unpaired) electrons. The number of carbonyl (C=O) groups is 1. The highest BCUT2D eigenvalue weighted by Crippen LogP contribution is 2.29. The lowest BCUT2D eigenvalue weighted by molar-refractivity contribution is -0.111. The van der Waals surface area contributed by atoms with E-state index in [9.17, 15) is 18.4 Å². The lowest BCUT2D eigenvalue weighted by atomic mass is 10.3. The van der Waals surface area contributed by atoms with Crippen LogP contribution in [0.1, 0.15) is 0 Å². The summed E-state index contributed by atoms with van der Waals surface area (Å²) in [5.74, 6) is -2.07. The smallest absolute Gasteiger partial charge is 0.294 e. The zero-order chi connectivity index (χ0) is 29.0. The molecular weight excluding hydrogens is 522 g/mol. The van der Waals surface area contributed by atoms with Crippen LogP contribution in [0.3, 0.4) is 0 Å². The maximum Gasteiger partial charge on any atom is 0.294 e. The second kappa shape index (κ2) is 11.9. The number of nitrogens with zero attached hydrogens (tertiary/aromatic N) is 6. The molecule has 4 aromatic rings. The Morgan fingerprint density at radius 3 is 2.58 bits per heavy atom. The number of pyridine rings is 2. The number of hydrogen-bond acceptors (Lipinski definition) is 9. The number of benzene rings is 1. The number of halogens is 2. The van der Waals surface area contributed by atoms with Crippen molar-refractivity contribution in [3.05, 3.63) is 77.4 Å². The van der Waals surface area contributed by atoms with E-state index in [1.54, 1.807) is 12.3 Å². The minimum Gasteiger partial charge on any atom is -0.448 e. The molecule has 208 valence electrons. The first-order chi connectivity index (χ1) is 19.0. The number of fused-ring (bicyclic) bond motifs is 1. The fourth-order valence-electron chi connectivity index (χ4n) is 3.72. The van der Waals surface area contributed by atoms with E-state index in [0.29, 0.717) is 35.2 Å². The summed E-state index contributed by atoms with van der Waals surface area (Å²) < 4.78 is 33.9. The van der Waals surface area contributed by atoms with Gasteiger partial charge in [-0.25, -0.2) is 18.7 Å². The summed E-state index contributed by atoms with van der Waals surface area (Å²) in [6.07, 6.45) is 4.25. The summed E-state index contributed by atoms with van der Waals surface area (Å²) in [4.78, 5) is 42.1. The standard InChI is InChI=1S/C27H28F2N8O3/c1-6-24(38)32-19-13-23(30-15-20(19)36(4)10-9-35(2)3)33-27-31-14-16-11-22(26(39)37(5)25(16)34-27)40-21-8-7-17(28)12-18(21)29/h6-8,11-15H,1,9-10H2,2-5H3,(H2,30,31,32,33,34,38). The Balaban J connectivity index is 1.63. The molecule has 0 aliphatic carbocycles. The molecule has 0 spiro atoms. The quantitative estimate of drug-likeness (QED) is 0.285. The largest absolute Gasteiger partial charge is 0.448 e. The predicted molar refractivity (Wildman–Crippen MR) is 149 cm³/mol. The summed E-state index contributed by atoms with van der Waals surface area (Å²) in [7, 11) is 7.32. The molecule has 4 rings (SSSR count). The van der Waals surface area contributed by atoms with Crippen molar-refractivity contribution in [3.63, 3.8) is 0 Å². The third-order valence-corrected chi connectivity index (χ3v) is 5.89. The van der Waals surface area contributed by atoms with Crippen LogP contribution in [0.4, 0.5) is 31.9 Å². The number of amides is 1.